The van der Waals surface area contributed by atoms with Crippen molar-refractivity contribution in [2.75, 3.05) is 37.8 Å². The molecule has 1 atom stereocenters. The molecule has 3 aromatic rings. The van der Waals surface area contributed by atoms with Gasteiger partial charge in [0.15, 0.2) is 5.65 Å². The first-order chi connectivity index (χ1) is 14.8. The van der Waals surface area contributed by atoms with Crippen LogP contribution in [0.15, 0.2) is 41.4 Å². The van der Waals surface area contributed by atoms with Gasteiger partial charge in [0.25, 0.3) is 0 Å². The molecule has 1 fully saturated rings. The lowest BCUT2D eigenvalue weighted by atomic mass is 10.1. The average Bonchev–Trinajstić information content (AvgIpc) is 3.38. The van der Waals surface area contributed by atoms with Crippen molar-refractivity contribution in [2.45, 2.75) is 37.1 Å². The zero-order chi connectivity index (χ0) is 22.2. The number of fused-ring (bicyclic) bond motifs is 1. The summed E-state index contributed by atoms with van der Waals surface area (Å²) in [5, 5.41) is 14.8. The van der Waals surface area contributed by atoms with E-state index < -0.39 is 10.0 Å². The van der Waals surface area contributed by atoms with Crippen LogP contribution in [0.25, 0.3) is 5.65 Å². The normalized spacial score (nSPS) is 17.0. The third-order valence-corrected chi connectivity index (χ3v) is 7.27. The smallest absolute Gasteiger partial charge is 0.242 e. The van der Waals surface area contributed by atoms with Crippen LogP contribution >= 0.6 is 0 Å². The molecular weight excluding hydrogens is 414 g/mol. The number of sulfonamides is 1. The van der Waals surface area contributed by atoms with E-state index in [1.165, 1.54) is 18.4 Å². The standard InChI is InChI=1S/C21H29N7O2S/c1-14(2)18-13-23-28-20(11-19(26-21(18)28)24-16-9-10-22-12-16)25-15-5-7-17(8-6-15)31(29,30)27(3)4/h5-8,11,13-14,16,22,25H,9-10,12H2,1-4H3,(H,24,26). The van der Waals surface area contributed by atoms with Gasteiger partial charge in [-0.1, -0.05) is 13.8 Å². The van der Waals surface area contributed by atoms with Gasteiger partial charge >= 0.3 is 0 Å². The molecule has 0 bridgehead atoms. The van der Waals surface area contributed by atoms with Gasteiger partial charge in [-0.25, -0.2) is 17.7 Å². The van der Waals surface area contributed by atoms with Gasteiger partial charge in [0.05, 0.1) is 11.1 Å². The second kappa shape index (κ2) is 8.45. The number of nitrogens with zero attached hydrogens (tertiary/aromatic N) is 4. The van der Waals surface area contributed by atoms with Crippen LogP contribution in [0.1, 0.15) is 31.7 Å². The molecule has 166 valence electrons. The van der Waals surface area contributed by atoms with Crippen LogP contribution in [-0.2, 0) is 10.0 Å². The Bertz CT molecular complexity index is 1160. The van der Waals surface area contributed by atoms with Crippen molar-refractivity contribution in [3.05, 3.63) is 42.1 Å². The Balaban J connectivity index is 1.69. The van der Waals surface area contributed by atoms with Crippen molar-refractivity contribution >= 4 is 33.0 Å². The summed E-state index contributed by atoms with van der Waals surface area (Å²) in [6.07, 6.45) is 2.90. The number of nitrogens with one attached hydrogen (secondary N) is 3. The molecule has 0 saturated carbocycles. The van der Waals surface area contributed by atoms with Crippen LogP contribution < -0.4 is 16.0 Å². The second-order valence-electron chi connectivity index (χ2n) is 8.29. The molecule has 1 aromatic carbocycles. The number of benzene rings is 1. The van der Waals surface area contributed by atoms with Crippen LogP contribution in [0.5, 0.6) is 0 Å². The average molecular weight is 444 g/mol. The maximum atomic E-state index is 12.3. The lowest BCUT2D eigenvalue weighted by molar-refractivity contribution is 0.521. The van der Waals surface area contributed by atoms with Crippen LogP contribution in [-0.4, -0.2) is 60.5 Å². The minimum Gasteiger partial charge on any atom is -0.366 e. The molecule has 0 aliphatic carbocycles. The fraction of sp³-hybridized carbons (Fsp3) is 0.429. The fourth-order valence-electron chi connectivity index (χ4n) is 3.61. The predicted molar refractivity (Wildman–Crippen MR) is 123 cm³/mol. The minimum atomic E-state index is -3.47. The highest BCUT2D eigenvalue weighted by molar-refractivity contribution is 7.89. The van der Waals surface area contributed by atoms with Gasteiger partial charge in [-0.2, -0.15) is 9.61 Å². The maximum Gasteiger partial charge on any atom is 0.242 e. The van der Waals surface area contributed by atoms with Crippen molar-refractivity contribution in [1.29, 1.82) is 0 Å². The predicted octanol–water partition coefficient (Wildman–Crippen LogP) is 2.62. The molecule has 2 aromatic heterocycles. The quantitative estimate of drug-likeness (QED) is 0.516. The second-order valence-corrected chi connectivity index (χ2v) is 10.4. The highest BCUT2D eigenvalue weighted by Gasteiger charge is 2.19. The van der Waals surface area contributed by atoms with Crippen molar-refractivity contribution in [2.24, 2.45) is 0 Å². The molecule has 3 N–H and O–H groups in total. The van der Waals surface area contributed by atoms with Crippen LogP contribution in [0.3, 0.4) is 0 Å². The SMILES string of the molecule is CC(C)c1cnn2c(Nc3ccc(S(=O)(=O)N(C)C)cc3)cc(NC3CCNC3)nc12. The van der Waals surface area contributed by atoms with Crippen LogP contribution in [0, 0.1) is 0 Å². The van der Waals surface area contributed by atoms with Crippen molar-refractivity contribution in [1.82, 2.24) is 24.2 Å². The number of hydrogen-bond acceptors (Lipinski definition) is 7. The van der Waals surface area contributed by atoms with E-state index in [0.29, 0.717) is 6.04 Å². The molecule has 1 saturated heterocycles. The Morgan fingerprint density at radius 2 is 1.97 bits per heavy atom. The van der Waals surface area contributed by atoms with E-state index in [0.717, 1.165) is 48.0 Å². The molecule has 1 aliphatic rings. The third kappa shape index (κ3) is 4.36. The summed E-state index contributed by atoms with van der Waals surface area (Å²) in [6, 6.07) is 8.98. The molecule has 31 heavy (non-hydrogen) atoms. The lowest BCUT2D eigenvalue weighted by Gasteiger charge is -2.16. The van der Waals surface area contributed by atoms with E-state index in [2.05, 4.69) is 34.9 Å². The highest BCUT2D eigenvalue weighted by atomic mass is 32.2. The van der Waals surface area contributed by atoms with E-state index >= 15 is 0 Å². The maximum absolute atomic E-state index is 12.3. The highest BCUT2D eigenvalue weighted by Crippen LogP contribution is 2.27. The van der Waals surface area contributed by atoms with Crippen molar-refractivity contribution in [3.8, 4) is 0 Å². The summed E-state index contributed by atoms with van der Waals surface area (Å²) in [4.78, 5) is 5.07. The van der Waals surface area contributed by atoms with Crippen LogP contribution in [0.2, 0.25) is 0 Å². The molecule has 0 radical (unpaired) electrons. The fourth-order valence-corrected chi connectivity index (χ4v) is 4.51. The molecule has 10 heteroatoms. The number of aromatic nitrogens is 3. The molecular formula is C21H29N7O2S. The zero-order valence-electron chi connectivity index (χ0n) is 18.3. The molecule has 0 amide bonds. The summed E-state index contributed by atoms with van der Waals surface area (Å²) in [5.41, 5.74) is 2.64. The Labute approximate surface area is 182 Å². The number of anilines is 3. The summed E-state index contributed by atoms with van der Waals surface area (Å²) >= 11 is 0. The van der Waals surface area contributed by atoms with Crippen LogP contribution in [0.4, 0.5) is 17.3 Å². The van der Waals surface area contributed by atoms with Gasteiger partial charge in [-0.05, 0) is 43.1 Å². The van der Waals surface area contributed by atoms with E-state index in [9.17, 15) is 8.42 Å². The number of hydrogen-bond donors (Lipinski definition) is 3. The van der Waals surface area contributed by atoms with E-state index in [-0.39, 0.29) is 10.8 Å². The first-order valence-corrected chi connectivity index (χ1v) is 11.9. The van der Waals surface area contributed by atoms with Gasteiger partial charge in [0.2, 0.25) is 10.0 Å². The van der Waals surface area contributed by atoms with Gasteiger partial charge in [-0.3, -0.25) is 0 Å². The topological polar surface area (TPSA) is 104 Å². The minimum absolute atomic E-state index is 0.250. The first-order valence-electron chi connectivity index (χ1n) is 10.4. The Morgan fingerprint density at radius 1 is 1.23 bits per heavy atom. The van der Waals surface area contributed by atoms with Crippen molar-refractivity contribution in [3.63, 3.8) is 0 Å². The molecule has 1 unspecified atom stereocenters. The monoisotopic (exact) mass is 443 g/mol. The summed E-state index contributed by atoms with van der Waals surface area (Å²) < 4.78 is 27.6. The van der Waals surface area contributed by atoms with E-state index in [1.54, 1.807) is 28.8 Å². The molecule has 3 heterocycles. The van der Waals surface area contributed by atoms with Gasteiger partial charge in [0.1, 0.15) is 11.6 Å². The molecule has 0 spiro atoms. The zero-order valence-corrected chi connectivity index (χ0v) is 19.1. The van der Waals surface area contributed by atoms with Gasteiger partial charge < -0.3 is 16.0 Å². The first kappa shape index (κ1) is 21.5. The van der Waals surface area contributed by atoms with Gasteiger partial charge in [0, 0.05) is 44.0 Å². The number of rotatable bonds is 7. The largest absolute Gasteiger partial charge is 0.366 e. The molecule has 1 aliphatic heterocycles. The summed E-state index contributed by atoms with van der Waals surface area (Å²) in [5.74, 6) is 1.84. The molecule has 9 nitrogen and oxygen atoms in total. The summed E-state index contributed by atoms with van der Waals surface area (Å²) in [7, 11) is -0.423. The Morgan fingerprint density at radius 3 is 2.58 bits per heavy atom. The lowest BCUT2D eigenvalue weighted by Crippen LogP contribution is -2.23. The van der Waals surface area contributed by atoms with Gasteiger partial charge in [-0.15, -0.1) is 0 Å². The summed E-state index contributed by atoms with van der Waals surface area (Å²) in [6.45, 7) is 6.15. The Kier molecular flexibility index (Phi) is 5.87. The Hall–Kier alpha value is -2.69. The third-order valence-electron chi connectivity index (χ3n) is 5.44. The van der Waals surface area contributed by atoms with E-state index in [1.807, 2.05) is 12.3 Å². The van der Waals surface area contributed by atoms with Crippen molar-refractivity contribution < 1.29 is 8.42 Å². The molecule has 4 rings (SSSR count). The van der Waals surface area contributed by atoms with E-state index in [4.69, 9.17) is 4.98 Å².